The molecule has 12 heavy (non-hydrogen) atoms. The van der Waals surface area contributed by atoms with Crippen molar-refractivity contribution in [3.8, 4) is 0 Å². The maximum absolute atomic E-state index is 3.96. The first kappa shape index (κ1) is 9.37. The summed E-state index contributed by atoms with van der Waals surface area (Å²) in [4.78, 5) is 0. The average Bonchev–Trinajstić information content (AvgIpc) is 2.05. The maximum atomic E-state index is 3.96. The summed E-state index contributed by atoms with van der Waals surface area (Å²) < 4.78 is 0. The molecular weight excluding hydrogens is 146 g/mol. The van der Waals surface area contributed by atoms with Gasteiger partial charge in [-0.15, -0.1) is 0 Å². The van der Waals surface area contributed by atoms with Gasteiger partial charge in [-0.3, -0.25) is 0 Å². The van der Waals surface area contributed by atoms with Gasteiger partial charge in [-0.1, -0.05) is 25.7 Å². The highest BCUT2D eigenvalue weighted by molar-refractivity contribution is 5.00. The highest BCUT2D eigenvalue weighted by atomic mass is 14.9. The minimum Gasteiger partial charge on any atom is -0.386 e. The summed E-state index contributed by atoms with van der Waals surface area (Å²) in [7, 11) is 0. The molecule has 0 bridgehead atoms. The number of hydrogen-bond acceptors (Lipinski definition) is 1. The molecule has 1 nitrogen and oxygen atoms in total. The molecule has 1 heterocycles. The lowest BCUT2D eigenvalue weighted by molar-refractivity contribution is 0.454. The normalized spacial score (nSPS) is 24.4. The second-order valence-electron chi connectivity index (χ2n) is 3.45. The Bertz CT molecular complexity index is 170. The number of piperidine rings is 1. The third-order valence-corrected chi connectivity index (χ3v) is 2.26. The Kier molecular flexibility index (Phi) is 3.92. The van der Waals surface area contributed by atoms with Gasteiger partial charge in [0.25, 0.3) is 0 Å². The molecule has 1 unspecified atom stereocenters. The topological polar surface area (TPSA) is 12.0 Å². The molecule has 1 fully saturated rings. The lowest BCUT2D eigenvalue weighted by Gasteiger charge is -2.25. The molecule has 1 rings (SSSR count). The van der Waals surface area contributed by atoms with Crippen molar-refractivity contribution in [3.05, 3.63) is 24.4 Å². The predicted molar refractivity (Wildman–Crippen MR) is 54.0 cm³/mol. The van der Waals surface area contributed by atoms with Crippen LogP contribution in [0.3, 0.4) is 0 Å². The Morgan fingerprint density at radius 2 is 2.42 bits per heavy atom. The van der Waals surface area contributed by atoms with E-state index >= 15 is 0 Å². The Balaban J connectivity index is 2.22. The van der Waals surface area contributed by atoms with Crippen LogP contribution in [0.5, 0.6) is 0 Å². The van der Waals surface area contributed by atoms with Gasteiger partial charge in [0.1, 0.15) is 0 Å². The van der Waals surface area contributed by atoms with Crippen LogP contribution in [0.4, 0.5) is 0 Å². The minimum absolute atomic E-state index is 0.647. The Labute approximate surface area is 75.6 Å². The summed E-state index contributed by atoms with van der Waals surface area (Å²) >= 11 is 0. The molecule has 0 radical (unpaired) electrons. The molecule has 0 aromatic rings. The van der Waals surface area contributed by atoms with Crippen molar-refractivity contribution in [2.45, 2.75) is 45.1 Å². The quantitative estimate of drug-likeness (QED) is 0.634. The van der Waals surface area contributed by atoms with E-state index in [1.54, 1.807) is 0 Å². The van der Waals surface area contributed by atoms with E-state index in [1.165, 1.54) is 18.5 Å². The van der Waals surface area contributed by atoms with Crippen molar-refractivity contribution in [2.75, 3.05) is 0 Å². The molecule has 0 aliphatic carbocycles. The molecule has 1 aliphatic heterocycles. The van der Waals surface area contributed by atoms with E-state index in [2.05, 4.69) is 31.0 Å². The van der Waals surface area contributed by atoms with E-state index < -0.39 is 0 Å². The first-order chi connectivity index (χ1) is 5.83. The Morgan fingerprint density at radius 3 is 3.08 bits per heavy atom. The SMILES string of the molecule is C=C1CCCC(C/C=C\CC)N1. The van der Waals surface area contributed by atoms with Crippen LogP contribution in [-0.4, -0.2) is 6.04 Å². The summed E-state index contributed by atoms with van der Waals surface area (Å²) in [5.41, 5.74) is 1.22. The molecule has 1 saturated heterocycles. The van der Waals surface area contributed by atoms with Gasteiger partial charge in [0.15, 0.2) is 0 Å². The number of hydrogen-bond donors (Lipinski definition) is 1. The van der Waals surface area contributed by atoms with Gasteiger partial charge in [0.05, 0.1) is 0 Å². The summed E-state index contributed by atoms with van der Waals surface area (Å²) in [6.07, 6.45) is 10.6. The molecule has 0 spiro atoms. The van der Waals surface area contributed by atoms with Crippen molar-refractivity contribution in [1.29, 1.82) is 0 Å². The van der Waals surface area contributed by atoms with E-state index in [4.69, 9.17) is 0 Å². The standard InChI is InChI=1S/C11H19N/c1-3-4-5-8-11-9-6-7-10(2)12-11/h4-5,11-12H,2-3,6-9H2,1H3/b5-4-. The van der Waals surface area contributed by atoms with Gasteiger partial charge in [-0.2, -0.15) is 0 Å². The van der Waals surface area contributed by atoms with Crippen LogP contribution in [0.15, 0.2) is 24.4 Å². The molecule has 0 amide bonds. The Morgan fingerprint density at radius 1 is 1.58 bits per heavy atom. The highest BCUT2D eigenvalue weighted by Crippen LogP contribution is 2.16. The summed E-state index contributed by atoms with van der Waals surface area (Å²) in [5.74, 6) is 0. The Hall–Kier alpha value is -0.720. The monoisotopic (exact) mass is 165 g/mol. The van der Waals surface area contributed by atoms with Gasteiger partial charge in [-0.05, 0) is 32.1 Å². The first-order valence-corrected chi connectivity index (χ1v) is 4.92. The zero-order valence-electron chi connectivity index (χ0n) is 7.97. The fraction of sp³-hybridized carbons (Fsp3) is 0.636. The van der Waals surface area contributed by atoms with Crippen LogP contribution >= 0.6 is 0 Å². The second kappa shape index (κ2) is 5.02. The van der Waals surface area contributed by atoms with E-state index in [-0.39, 0.29) is 0 Å². The first-order valence-electron chi connectivity index (χ1n) is 4.92. The van der Waals surface area contributed by atoms with Gasteiger partial charge < -0.3 is 5.32 Å². The number of nitrogens with one attached hydrogen (secondary N) is 1. The number of rotatable bonds is 3. The molecule has 1 atom stereocenters. The van der Waals surface area contributed by atoms with Crippen molar-refractivity contribution in [1.82, 2.24) is 5.32 Å². The third kappa shape index (κ3) is 3.12. The van der Waals surface area contributed by atoms with E-state index in [0.717, 1.165) is 19.3 Å². The molecule has 0 aromatic heterocycles. The summed E-state index contributed by atoms with van der Waals surface area (Å²) in [6, 6.07) is 0.647. The van der Waals surface area contributed by atoms with E-state index in [0.29, 0.717) is 6.04 Å². The second-order valence-corrected chi connectivity index (χ2v) is 3.45. The van der Waals surface area contributed by atoms with Crippen molar-refractivity contribution in [3.63, 3.8) is 0 Å². The summed E-state index contributed by atoms with van der Waals surface area (Å²) in [6.45, 7) is 6.13. The molecule has 0 aromatic carbocycles. The van der Waals surface area contributed by atoms with E-state index in [1.807, 2.05) is 0 Å². The lowest BCUT2D eigenvalue weighted by atomic mass is 10.00. The van der Waals surface area contributed by atoms with Crippen LogP contribution in [0.2, 0.25) is 0 Å². The molecular formula is C11H19N. The maximum Gasteiger partial charge on any atom is 0.0292 e. The smallest absolute Gasteiger partial charge is 0.0292 e. The predicted octanol–water partition coefficient (Wildman–Crippen LogP) is 3.00. The van der Waals surface area contributed by atoms with Crippen LogP contribution in [0.1, 0.15) is 39.0 Å². The highest BCUT2D eigenvalue weighted by Gasteiger charge is 2.12. The van der Waals surface area contributed by atoms with Crippen molar-refractivity contribution >= 4 is 0 Å². The van der Waals surface area contributed by atoms with Crippen molar-refractivity contribution in [2.24, 2.45) is 0 Å². The van der Waals surface area contributed by atoms with Gasteiger partial charge in [0, 0.05) is 11.7 Å². The van der Waals surface area contributed by atoms with Crippen LogP contribution in [-0.2, 0) is 0 Å². The molecule has 1 N–H and O–H groups in total. The van der Waals surface area contributed by atoms with Gasteiger partial charge in [0.2, 0.25) is 0 Å². The number of allylic oxidation sites excluding steroid dienone is 2. The fourth-order valence-corrected chi connectivity index (χ4v) is 1.60. The largest absolute Gasteiger partial charge is 0.386 e. The van der Waals surface area contributed by atoms with Crippen LogP contribution in [0.25, 0.3) is 0 Å². The minimum atomic E-state index is 0.647. The van der Waals surface area contributed by atoms with Crippen LogP contribution < -0.4 is 5.32 Å². The van der Waals surface area contributed by atoms with Crippen molar-refractivity contribution < 1.29 is 0 Å². The van der Waals surface area contributed by atoms with E-state index in [9.17, 15) is 0 Å². The van der Waals surface area contributed by atoms with Gasteiger partial charge >= 0.3 is 0 Å². The van der Waals surface area contributed by atoms with Gasteiger partial charge in [-0.25, -0.2) is 0 Å². The zero-order chi connectivity index (χ0) is 8.81. The molecule has 68 valence electrons. The molecule has 0 saturated carbocycles. The third-order valence-electron chi connectivity index (χ3n) is 2.26. The molecule has 1 aliphatic rings. The lowest BCUT2D eigenvalue weighted by Crippen LogP contribution is -2.31. The fourth-order valence-electron chi connectivity index (χ4n) is 1.60. The van der Waals surface area contributed by atoms with Crippen LogP contribution in [0, 0.1) is 0 Å². The average molecular weight is 165 g/mol. The zero-order valence-corrected chi connectivity index (χ0v) is 7.97. The molecule has 1 heteroatoms. The summed E-state index contributed by atoms with van der Waals surface area (Å²) in [5, 5.41) is 3.43.